The van der Waals surface area contributed by atoms with Gasteiger partial charge in [0.2, 0.25) is 5.91 Å². The van der Waals surface area contributed by atoms with Gasteiger partial charge in [-0.25, -0.2) is 0 Å². The molecule has 0 heterocycles. The summed E-state index contributed by atoms with van der Waals surface area (Å²) in [5.74, 6) is 1.13. The van der Waals surface area contributed by atoms with Crippen LogP contribution in [0, 0.1) is 12.8 Å². The van der Waals surface area contributed by atoms with Crippen LogP contribution in [0.25, 0.3) is 0 Å². The van der Waals surface area contributed by atoms with Crippen LogP contribution in [-0.4, -0.2) is 11.8 Å². The molecule has 3 aromatic rings. The Bertz CT molecular complexity index is 1040. The second-order valence-electron chi connectivity index (χ2n) is 7.71. The first kappa shape index (κ1) is 19.7. The van der Waals surface area contributed by atoms with E-state index in [1.54, 1.807) is 48.5 Å². The van der Waals surface area contributed by atoms with Crippen molar-refractivity contribution >= 4 is 11.8 Å². The Hall–Kier alpha value is -3.60. The van der Waals surface area contributed by atoms with Crippen molar-refractivity contribution in [2.45, 2.75) is 25.8 Å². The van der Waals surface area contributed by atoms with Gasteiger partial charge in [-0.15, -0.1) is 0 Å². The van der Waals surface area contributed by atoms with Crippen molar-refractivity contribution in [1.82, 2.24) is 5.32 Å². The predicted octanol–water partition coefficient (Wildman–Crippen LogP) is 4.77. The van der Waals surface area contributed by atoms with Gasteiger partial charge >= 0.3 is 0 Å². The standard InChI is InChI=1S/C25H24N2O3/c1-16-2-4-17(5-3-16)23(18-6-7-18)27-25(29)20-10-14-22(15-11-20)30-21-12-8-19(9-13-21)24(26)28/h2-5,8-15,18,23H,6-7H2,1H3,(H2,26,28)(H,27,29). The van der Waals surface area contributed by atoms with Crippen molar-refractivity contribution in [2.24, 2.45) is 11.7 Å². The number of ether oxygens (including phenoxy) is 1. The summed E-state index contributed by atoms with van der Waals surface area (Å²) in [6.07, 6.45) is 2.28. The number of nitrogens with one attached hydrogen (secondary N) is 1. The molecule has 3 aromatic carbocycles. The predicted molar refractivity (Wildman–Crippen MR) is 116 cm³/mol. The van der Waals surface area contributed by atoms with Gasteiger partial charge in [0, 0.05) is 11.1 Å². The fourth-order valence-electron chi connectivity index (χ4n) is 3.40. The molecule has 30 heavy (non-hydrogen) atoms. The van der Waals surface area contributed by atoms with Crippen molar-refractivity contribution in [3.63, 3.8) is 0 Å². The number of rotatable bonds is 7. The van der Waals surface area contributed by atoms with Gasteiger partial charge in [0.25, 0.3) is 5.91 Å². The molecule has 152 valence electrons. The summed E-state index contributed by atoms with van der Waals surface area (Å²) in [4.78, 5) is 23.9. The highest BCUT2D eigenvalue weighted by Crippen LogP contribution is 2.41. The molecule has 5 nitrogen and oxygen atoms in total. The minimum absolute atomic E-state index is 0.0396. The number of amides is 2. The highest BCUT2D eigenvalue weighted by atomic mass is 16.5. The lowest BCUT2D eigenvalue weighted by Crippen LogP contribution is -2.29. The summed E-state index contributed by atoms with van der Waals surface area (Å²) in [6.45, 7) is 2.06. The van der Waals surface area contributed by atoms with Crippen LogP contribution in [-0.2, 0) is 0 Å². The number of nitrogens with two attached hydrogens (primary N) is 1. The number of hydrogen-bond donors (Lipinski definition) is 2. The molecule has 1 fully saturated rings. The van der Waals surface area contributed by atoms with E-state index in [1.807, 2.05) is 0 Å². The number of primary amides is 1. The van der Waals surface area contributed by atoms with E-state index in [0.717, 1.165) is 18.4 Å². The molecule has 0 spiro atoms. The van der Waals surface area contributed by atoms with E-state index in [-0.39, 0.29) is 11.9 Å². The Kier molecular flexibility index (Phi) is 5.53. The number of hydrogen-bond acceptors (Lipinski definition) is 3. The lowest BCUT2D eigenvalue weighted by Gasteiger charge is -2.19. The molecule has 0 bridgehead atoms. The molecule has 2 amide bonds. The molecule has 1 aliphatic carbocycles. The third kappa shape index (κ3) is 4.69. The first-order valence-electron chi connectivity index (χ1n) is 10.0. The van der Waals surface area contributed by atoms with Crippen molar-refractivity contribution in [2.75, 3.05) is 0 Å². The number of carbonyl (C=O) groups is 2. The zero-order chi connectivity index (χ0) is 21.1. The monoisotopic (exact) mass is 400 g/mol. The molecule has 3 N–H and O–H groups in total. The molecule has 0 radical (unpaired) electrons. The Morgan fingerprint density at radius 2 is 1.40 bits per heavy atom. The Labute approximate surface area is 175 Å². The van der Waals surface area contributed by atoms with Crippen molar-refractivity contribution in [3.05, 3.63) is 95.1 Å². The third-order valence-electron chi connectivity index (χ3n) is 5.31. The summed E-state index contributed by atoms with van der Waals surface area (Å²) in [5.41, 5.74) is 8.61. The molecule has 1 atom stereocenters. The molecule has 1 aliphatic rings. The highest BCUT2D eigenvalue weighted by molar-refractivity contribution is 5.94. The van der Waals surface area contributed by atoms with Crippen LogP contribution in [0.4, 0.5) is 0 Å². The summed E-state index contributed by atoms with van der Waals surface area (Å²) in [7, 11) is 0. The van der Waals surface area contributed by atoms with E-state index in [1.165, 1.54) is 5.56 Å². The van der Waals surface area contributed by atoms with E-state index >= 15 is 0 Å². The SMILES string of the molecule is Cc1ccc(C(NC(=O)c2ccc(Oc3ccc(C(N)=O)cc3)cc2)C2CC2)cc1. The van der Waals surface area contributed by atoms with Crippen LogP contribution in [0.15, 0.2) is 72.8 Å². The summed E-state index contributed by atoms with van der Waals surface area (Å²) >= 11 is 0. The maximum Gasteiger partial charge on any atom is 0.251 e. The lowest BCUT2D eigenvalue weighted by atomic mass is 10.0. The summed E-state index contributed by atoms with van der Waals surface area (Å²) in [5, 5.41) is 3.19. The van der Waals surface area contributed by atoms with E-state index in [2.05, 4.69) is 36.5 Å². The van der Waals surface area contributed by atoms with Gasteiger partial charge in [0.1, 0.15) is 11.5 Å². The minimum Gasteiger partial charge on any atom is -0.457 e. The Morgan fingerprint density at radius 1 is 0.867 bits per heavy atom. The quantitative estimate of drug-likeness (QED) is 0.599. The largest absolute Gasteiger partial charge is 0.457 e. The molecule has 5 heteroatoms. The Balaban J connectivity index is 1.42. The molecule has 1 unspecified atom stereocenters. The second-order valence-corrected chi connectivity index (χ2v) is 7.71. The molecular formula is C25H24N2O3. The highest BCUT2D eigenvalue weighted by Gasteiger charge is 2.33. The minimum atomic E-state index is -0.480. The van der Waals surface area contributed by atoms with Crippen LogP contribution in [0.1, 0.15) is 50.7 Å². The first-order chi connectivity index (χ1) is 14.5. The van der Waals surface area contributed by atoms with Gasteiger partial charge in [-0.05, 0) is 79.8 Å². The van der Waals surface area contributed by atoms with Crippen molar-refractivity contribution in [3.8, 4) is 11.5 Å². The normalized spacial score (nSPS) is 14.0. The third-order valence-corrected chi connectivity index (χ3v) is 5.31. The average molecular weight is 400 g/mol. The zero-order valence-corrected chi connectivity index (χ0v) is 16.8. The van der Waals surface area contributed by atoms with Crippen LogP contribution in [0.2, 0.25) is 0 Å². The van der Waals surface area contributed by atoms with E-state index in [4.69, 9.17) is 10.5 Å². The number of benzene rings is 3. The van der Waals surface area contributed by atoms with Gasteiger partial charge in [-0.3, -0.25) is 9.59 Å². The fourth-order valence-corrected chi connectivity index (χ4v) is 3.40. The Morgan fingerprint density at radius 3 is 1.90 bits per heavy atom. The fraction of sp³-hybridized carbons (Fsp3) is 0.200. The zero-order valence-electron chi connectivity index (χ0n) is 16.8. The number of carbonyl (C=O) groups excluding carboxylic acids is 2. The van der Waals surface area contributed by atoms with Gasteiger partial charge in [-0.2, -0.15) is 0 Å². The first-order valence-corrected chi connectivity index (χ1v) is 10.0. The maximum atomic E-state index is 12.8. The van der Waals surface area contributed by atoms with Gasteiger partial charge < -0.3 is 15.8 Å². The average Bonchev–Trinajstić information content (AvgIpc) is 3.59. The molecule has 1 saturated carbocycles. The summed E-state index contributed by atoms with van der Waals surface area (Å²) in [6, 6.07) is 22.0. The molecule has 0 aromatic heterocycles. The van der Waals surface area contributed by atoms with Crippen LogP contribution in [0.3, 0.4) is 0 Å². The van der Waals surface area contributed by atoms with Gasteiger partial charge in [0.15, 0.2) is 0 Å². The second kappa shape index (κ2) is 8.41. The van der Waals surface area contributed by atoms with E-state index in [0.29, 0.717) is 28.5 Å². The molecule has 4 rings (SSSR count). The number of aryl methyl sites for hydroxylation is 1. The van der Waals surface area contributed by atoms with E-state index in [9.17, 15) is 9.59 Å². The van der Waals surface area contributed by atoms with Crippen LogP contribution in [0.5, 0.6) is 11.5 Å². The summed E-state index contributed by atoms with van der Waals surface area (Å²) < 4.78 is 5.77. The molecular weight excluding hydrogens is 376 g/mol. The van der Waals surface area contributed by atoms with Crippen molar-refractivity contribution in [1.29, 1.82) is 0 Å². The van der Waals surface area contributed by atoms with Gasteiger partial charge in [-0.1, -0.05) is 29.8 Å². The van der Waals surface area contributed by atoms with Gasteiger partial charge in [0.05, 0.1) is 6.04 Å². The topological polar surface area (TPSA) is 81.4 Å². The van der Waals surface area contributed by atoms with E-state index < -0.39 is 5.91 Å². The smallest absolute Gasteiger partial charge is 0.251 e. The maximum absolute atomic E-state index is 12.8. The van der Waals surface area contributed by atoms with Crippen LogP contribution >= 0.6 is 0 Å². The molecule has 0 aliphatic heterocycles. The molecule has 0 saturated heterocycles. The van der Waals surface area contributed by atoms with Crippen molar-refractivity contribution < 1.29 is 14.3 Å². The van der Waals surface area contributed by atoms with Crippen LogP contribution < -0.4 is 15.8 Å². The lowest BCUT2D eigenvalue weighted by molar-refractivity contribution is 0.0930.